The standard InChI is InChI=1S/C7H14N2O/c8-6(4-7(9)10)5-2-1-3-5/h5-6H,1-4,8H2,(H2,9,10)/t6-/m1/s1. The van der Waals surface area contributed by atoms with E-state index >= 15 is 0 Å². The van der Waals surface area contributed by atoms with Crippen LogP contribution in [0.15, 0.2) is 0 Å². The molecule has 0 aromatic heterocycles. The highest BCUT2D eigenvalue weighted by Crippen LogP contribution is 2.29. The fraction of sp³-hybridized carbons (Fsp3) is 0.857. The molecule has 1 aliphatic rings. The molecule has 1 fully saturated rings. The number of hydrogen-bond acceptors (Lipinski definition) is 2. The third kappa shape index (κ3) is 1.70. The Morgan fingerprint density at radius 3 is 2.50 bits per heavy atom. The molecule has 0 saturated heterocycles. The van der Waals surface area contributed by atoms with E-state index in [0.717, 1.165) is 0 Å². The molecule has 0 heterocycles. The van der Waals surface area contributed by atoms with Gasteiger partial charge in [0, 0.05) is 12.5 Å². The van der Waals surface area contributed by atoms with Gasteiger partial charge < -0.3 is 11.5 Å². The van der Waals surface area contributed by atoms with Gasteiger partial charge in [-0.25, -0.2) is 0 Å². The lowest BCUT2D eigenvalue weighted by molar-refractivity contribution is -0.118. The third-order valence-corrected chi connectivity index (χ3v) is 2.19. The highest BCUT2D eigenvalue weighted by atomic mass is 16.1. The molecule has 0 unspecified atom stereocenters. The van der Waals surface area contributed by atoms with Gasteiger partial charge in [0.2, 0.25) is 5.91 Å². The molecule has 1 rings (SSSR count). The van der Waals surface area contributed by atoms with Crippen molar-refractivity contribution < 1.29 is 4.79 Å². The second-order valence-electron chi connectivity index (χ2n) is 3.03. The summed E-state index contributed by atoms with van der Waals surface area (Å²) in [6, 6.07) is 0.0197. The Morgan fingerprint density at radius 2 is 2.20 bits per heavy atom. The molecular formula is C7H14N2O. The summed E-state index contributed by atoms with van der Waals surface area (Å²) in [4.78, 5) is 10.4. The van der Waals surface area contributed by atoms with Crippen LogP contribution in [0.4, 0.5) is 0 Å². The average Bonchev–Trinajstić information content (AvgIpc) is 1.55. The molecule has 0 bridgehead atoms. The summed E-state index contributed by atoms with van der Waals surface area (Å²) in [5.41, 5.74) is 10.7. The van der Waals surface area contributed by atoms with E-state index < -0.39 is 0 Å². The molecule has 0 aromatic rings. The highest BCUT2D eigenvalue weighted by molar-refractivity contribution is 5.74. The van der Waals surface area contributed by atoms with Crippen LogP contribution in [0.5, 0.6) is 0 Å². The zero-order valence-electron chi connectivity index (χ0n) is 6.05. The summed E-state index contributed by atoms with van der Waals surface area (Å²) in [6.45, 7) is 0. The van der Waals surface area contributed by atoms with Gasteiger partial charge in [0.15, 0.2) is 0 Å². The van der Waals surface area contributed by atoms with Crippen molar-refractivity contribution in [3.63, 3.8) is 0 Å². The summed E-state index contributed by atoms with van der Waals surface area (Å²) in [5.74, 6) is 0.284. The van der Waals surface area contributed by atoms with Crippen molar-refractivity contribution in [2.24, 2.45) is 17.4 Å². The molecule has 0 aliphatic heterocycles. The Hall–Kier alpha value is -0.570. The molecule has 4 N–H and O–H groups in total. The lowest BCUT2D eigenvalue weighted by Gasteiger charge is -2.30. The van der Waals surface area contributed by atoms with Crippen molar-refractivity contribution in [1.82, 2.24) is 0 Å². The van der Waals surface area contributed by atoms with Crippen LogP contribution >= 0.6 is 0 Å². The van der Waals surface area contributed by atoms with Gasteiger partial charge >= 0.3 is 0 Å². The fourth-order valence-corrected chi connectivity index (χ4v) is 1.27. The van der Waals surface area contributed by atoms with Crippen LogP contribution in [0, 0.1) is 5.92 Å². The van der Waals surface area contributed by atoms with Gasteiger partial charge in [-0.2, -0.15) is 0 Å². The van der Waals surface area contributed by atoms with Crippen molar-refractivity contribution in [2.45, 2.75) is 31.7 Å². The van der Waals surface area contributed by atoms with Crippen molar-refractivity contribution in [3.8, 4) is 0 Å². The molecule has 1 aliphatic carbocycles. The van der Waals surface area contributed by atoms with Crippen LogP contribution < -0.4 is 11.5 Å². The Labute approximate surface area is 60.8 Å². The second kappa shape index (κ2) is 3.01. The minimum Gasteiger partial charge on any atom is -0.370 e. The van der Waals surface area contributed by atoms with Crippen molar-refractivity contribution in [3.05, 3.63) is 0 Å². The number of carbonyl (C=O) groups is 1. The van der Waals surface area contributed by atoms with Crippen LogP contribution in [0.1, 0.15) is 25.7 Å². The van der Waals surface area contributed by atoms with Gasteiger partial charge in [-0.15, -0.1) is 0 Å². The number of primary amides is 1. The summed E-state index contributed by atoms with van der Waals surface area (Å²) < 4.78 is 0. The Bertz CT molecular complexity index is 132. The molecule has 1 atom stereocenters. The first-order chi connectivity index (χ1) is 4.70. The van der Waals surface area contributed by atoms with Crippen LogP contribution in [0.25, 0.3) is 0 Å². The number of nitrogens with two attached hydrogens (primary N) is 2. The maximum absolute atomic E-state index is 10.4. The average molecular weight is 142 g/mol. The van der Waals surface area contributed by atoms with Gasteiger partial charge in [0.25, 0.3) is 0 Å². The van der Waals surface area contributed by atoms with Gasteiger partial charge in [-0.05, 0) is 18.8 Å². The predicted molar refractivity (Wildman–Crippen MR) is 39.1 cm³/mol. The minimum absolute atomic E-state index is 0.0197. The molecular weight excluding hydrogens is 128 g/mol. The molecule has 1 amide bonds. The zero-order chi connectivity index (χ0) is 7.56. The van der Waals surface area contributed by atoms with E-state index in [1.165, 1.54) is 19.3 Å². The number of rotatable bonds is 3. The molecule has 0 aromatic carbocycles. The van der Waals surface area contributed by atoms with E-state index in [1.807, 2.05) is 0 Å². The quantitative estimate of drug-likeness (QED) is 0.582. The lowest BCUT2D eigenvalue weighted by Crippen LogP contribution is -2.37. The van der Waals surface area contributed by atoms with Crippen molar-refractivity contribution in [2.75, 3.05) is 0 Å². The summed E-state index contributed by atoms with van der Waals surface area (Å²) in [7, 11) is 0. The smallest absolute Gasteiger partial charge is 0.218 e. The first-order valence-electron chi connectivity index (χ1n) is 3.74. The van der Waals surface area contributed by atoms with E-state index in [0.29, 0.717) is 12.3 Å². The van der Waals surface area contributed by atoms with Gasteiger partial charge in [0.05, 0.1) is 0 Å². The SMILES string of the molecule is NC(=O)C[C@@H](N)C1CCC1. The van der Waals surface area contributed by atoms with Crippen LogP contribution in [0.3, 0.4) is 0 Å². The summed E-state index contributed by atoms with van der Waals surface area (Å²) >= 11 is 0. The molecule has 10 heavy (non-hydrogen) atoms. The van der Waals surface area contributed by atoms with Crippen LogP contribution in [0.2, 0.25) is 0 Å². The van der Waals surface area contributed by atoms with Crippen molar-refractivity contribution in [1.29, 1.82) is 0 Å². The van der Waals surface area contributed by atoms with Gasteiger partial charge in [0.1, 0.15) is 0 Å². The number of carbonyl (C=O) groups excluding carboxylic acids is 1. The monoisotopic (exact) mass is 142 g/mol. The maximum Gasteiger partial charge on any atom is 0.218 e. The minimum atomic E-state index is -0.278. The van der Waals surface area contributed by atoms with Gasteiger partial charge in [-0.1, -0.05) is 6.42 Å². The lowest BCUT2D eigenvalue weighted by atomic mass is 9.79. The topological polar surface area (TPSA) is 69.1 Å². The Kier molecular flexibility index (Phi) is 2.27. The number of amides is 1. The van der Waals surface area contributed by atoms with E-state index in [9.17, 15) is 4.79 Å². The van der Waals surface area contributed by atoms with E-state index in [2.05, 4.69) is 0 Å². The molecule has 58 valence electrons. The summed E-state index contributed by atoms with van der Waals surface area (Å²) in [5, 5.41) is 0. The second-order valence-corrected chi connectivity index (χ2v) is 3.03. The molecule has 0 spiro atoms. The first-order valence-corrected chi connectivity index (χ1v) is 3.74. The summed E-state index contributed by atoms with van der Waals surface area (Å²) in [6.07, 6.45) is 3.96. The van der Waals surface area contributed by atoms with E-state index in [4.69, 9.17) is 11.5 Å². The molecule has 3 heteroatoms. The Morgan fingerprint density at radius 1 is 1.60 bits per heavy atom. The Balaban J connectivity index is 2.19. The molecule has 0 radical (unpaired) electrons. The largest absolute Gasteiger partial charge is 0.370 e. The fourth-order valence-electron chi connectivity index (χ4n) is 1.27. The predicted octanol–water partition coefficient (Wildman–Crippen LogP) is -0.0108. The van der Waals surface area contributed by atoms with Crippen LogP contribution in [-0.4, -0.2) is 11.9 Å². The highest BCUT2D eigenvalue weighted by Gasteiger charge is 2.24. The first kappa shape index (κ1) is 7.54. The van der Waals surface area contributed by atoms with Gasteiger partial charge in [-0.3, -0.25) is 4.79 Å². The maximum atomic E-state index is 10.4. The normalized spacial score (nSPS) is 21.7. The third-order valence-electron chi connectivity index (χ3n) is 2.19. The van der Waals surface area contributed by atoms with Crippen LogP contribution in [-0.2, 0) is 4.79 Å². The molecule has 3 nitrogen and oxygen atoms in total. The van der Waals surface area contributed by atoms with E-state index in [1.54, 1.807) is 0 Å². The number of hydrogen-bond donors (Lipinski definition) is 2. The van der Waals surface area contributed by atoms with Crippen molar-refractivity contribution >= 4 is 5.91 Å². The molecule has 1 saturated carbocycles. The van der Waals surface area contributed by atoms with E-state index in [-0.39, 0.29) is 11.9 Å². The zero-order valence-corrected chi connectivity index (χ0v) is 6.05.